The number of nitrogen functional groups attached to an aromatic ring is 1. The van der Waals surface area contributed by atoms with Gasteiger partial charge in [-0.15, -0.1) is 11.3 Å². The molecule has 0 amide bonds. The molecule has 2 aromatic rings. The van der Waals surface area contributed by atoms with E-state index in [4.69, 9.17) is 5.73 Å². The Balaban J connectivity index is 2.32. The van der Waals surface area contributed by atoms with E-state index in [1.165, 1.54) is 4.88 Å². The average Bonchev–Trinajstić information content (AvgIpc) is 2.76. The van der Waals surface area contributed by atoms with Crippen molar-refractivity contribution in [3.05, 3.63) is 38.4 Å². The molecule has 0 unspecified atom stereocenters. The molecule has 3 nitrogen and oxygen atoms in total. The van der Waals surface area contributed by atoms with Crippen LogP contribution in [0.25, 0.3) is 0 Å². The largest absolute Gasteiger partial charge is 0.383 e. The lowest BCUT2D eigenvalue weighted by Crippen LogP contribution is -2.05. The molecule has 0 aliphatic heterocycles. The predicted octanol–water partition coefficient (Wildman–Crippen LogP) is 3.04. The number of anilines is 1. The third-order valence-corrected chi connectivity index (χ3v) is 3.98. The minimum absolute atomic E-state index is 0.526. The summed E-state index contributed by atoms with van der Waals surface area (Å²) in [6.45, 7) is 2.06. The monoisotopic (exact) mass is 297 g/mol. The van der Waals surface area contributed by atoms with Crippen LogP contribution in [0.3, 0.4) is 0 Å². The van der Waals surface area contributed by atoms with Crippen molar-refractivity contribution in [2.45, 2.75) is 19.8 Å². The van der Waals surface area contributed by atoms with Gasteiger partial charge in [0.25, 0.3) is 0 Å². The first-order valence-electron chi connectivity index (χ1n) is 5.04. The number of rotatable bonds is 3. The van der Waals surface area contributed by atoms with Crippen LogP contribution in [-0.4, -0.2) is 9.97 Å². The molecule has 16 heavy (non-hydrogen) atoms. The van der Waals surface area contributed by atoms with Crippen molar-refractivity contribution >= 4 is 33.1 Å². The molecule has 84 valence electrons. The number of halogens is 1. The minimum atomic E-state index is 0.526. The molecular formula is C11H12BrN3S. The molecule has 0 spiro atoms. The highest BCUT2D eigenvalue weighted by molar-refractivity contribution is 9.10. The van der Waals surface area contributed by atoms with Gasteiger partial charge in [0.05, 0.1) is 10.2 Å². The molecule has 0 saturated carbocycles. The molecule has 0 radical (unpaired) electrons. The molecule has 2 heterocycles. The zero-order valence-electron chi connectivity index (χ0n) is 8.90. The van der Waals surface area contributed by atoms with Crippen LogP contribution in [0.5, 0.6) is 0 Å². The molecular weight excluding hydrogens is 286 g/mol. The fourth-order valence-corrected chi connectivity index (χ4v) is 2.61. The molecule has 0 bridgehead atoms. The number of nitrogens with zero attached hydrogens (tertiary/aromatic N) is 2. The smallest absolute Gasteiger partial charge is 0.141 e. The Morgan fingerprint density at radius 3 is 2.88 bits per heavy atom. The van der Waals surface area contributed by atoms with Crippen molar-refractivity contribution in [1.82, 2.24) is 9.97 Å². The lowest BCUT2D eigenvalue weighted by molar-refractivity contribution is 0.908. The van der Waals surface area contributed by atoms with Crippen LogP contribution in [0.1, 0.15) is 23.3 Å². The summed E-state index contributed by atoms with van der Waals surface area (Å²) in [7, 11) is 0. The zero-order chi connectivity index (χ0) is 11.5. The normalized spacial score (nSPS) is 10.6. The van der Waals surface area contributed by atoms with Gasteiger partial charge in [0.1, 0.15) is 11.6 Å². The Labute approximate surface area is 107 Å². The standard InChI is InChI=1S/C11H12BrN3S/c1-2-8-10(12)11(13)15-9(14-8)6-7-4-3-5-16-7/h3-5H,2,6H2,1H3,(H2,13,14,15). The first-order valence-corrected chi connectivity index (χ1v) is 6.71. The topological polar surface area (TPSA) is 51.8 Å². The summed E-state index contributed by atoms with van der Waals surface area (Å²) in [5.74, 6) is 1.32. The van der Waals surface area contributed by atoms with Crippen LogP contribution in [0, 0.1) is 0 Å². The van der Waals surface area contributed by atoms with Gasteiger partial charge in [-0.3, -0.25) is 0 Å². The summed E-state index contributed by atoms with van der Waals surface area (Å²) < 4.78 is 0.824. The Morgan fingerprint density at radius 1 is 1.44 bits per heavy atom. The highest BCUT2D eigenvalue weighted by Crippen LogP contribution is 2.22. The van der Waals surface area contributed by atoms with Crippen molar-refractivity contribution in [2.75, 3.05) is 5.73 Å². The molecule has 0 saturated heterocycles. The van der Waals surface area contributed by atoms with Gasteiger partial charge in [-0.1, -0.05) is 13.0 Å². The molecule has 0 aliphatic carbocycles. The fraction of sp³-hybridized carbons (Fsp3) is 0.273. The van der Waals surface area contributed by atoms with Crippen molar-refractivity contribution in [2.24, 2.45) is 0 Å². The fourth-order valence-electron chi connectivity index (χ4n) is 1.45. The van der Waals surface area contributed by atoms with Gasteiger partial charge in [0.15, 0.2) is 0 Å². The number of thiophene rings is 1. The van der Waals surface area contributed by atoms with Gasteiger partial charge in [-0.2, -0.15) is 0 Å². The second-order valence-corrected chi connectivity index (χ2v) is 5.22. The third-order valence-electron chi connectivity index (χ3n) is 2.24. The summed E-state index contributed by atoms with van der Waals surface area (Å²) in [6, 6.07) is 4.11. The van der Waals surface area contributed by atoms with E-state index >= 15 is 0 Å². The van der Waals surface area contributed by atoms with Crippen LogP contribution in [0.2, 0.25) is 0 Å². The SMILES string of the molecule is CCc1nc(Cc2cccs2)nc(N)c1Br. The molecule has 5 heteroatoms. The van der Waals surface area contributed by atoms with E-state index in [1.807, 2.05) is 6.07 Å². The van der Waals surface area contributed by atoms with Gasteiger partial charge in [-0.25, -0.2) is 9.97 Å². The zero-order valence-corrected chi connectivity index (χ0v) is 11.3. The Kier molecular flexibility index (Phi) is 3.56. The molecule has 0 aliphatic rings. The highest BCUT2D eigenvalue weighted by Gasteiger charge is 2.09. The average molecular weight is 298 g/mol. The molecule has 0 aromatic carbocycles. The van der Waals surface area contributed by atoms with Crippen LogP contribution in [0.15, 0.2) is 22.0 Å². The van der Waals surface area contributed by atoms with Crippen LogP contribution < -0.4 is 5.73 Å². The first-order chi connectivity index (χ1) is 7.70. The van der Waals surface area contributed by atoms with Gasteiger partial charge in [0, 0.05) is 11.3 Å². The highest BCUT2D eigenvalue weighted by atomic mass is 79.9. The molecule has 2 rings (SSSR count). The van der Waals surface area contributed by atoms with Crippen molar-refractivity contribution in [3.63, 3.8) is 0 Å². The maximum absolute atomic E-state index is 5.83. The van der Waals surface area contributed by atoms with Crippen LogP contribution >= 0.6 is 27.3 Å². The van der Waals surface area contributed by atoms with Crippen molar-refractivity contribution < 1.29 is 0 Å². The number of nitrogens with two attached hydrogens (primary N) is 1. The molecule has 0 fully saturated rings. The number of aromatic nitrogens is 2. The van der Waals surface area contributed by atoms with E-state index in [2.05, 4.69) is 44.3 Å². The lowest BCUT2D eigenvalue weighted by Gasteiger charge is -2.06. The Hall–Kier alpha value is -0.940. The number of hydrogen-bond donors (Lipinski definition) is 1. The summed E-state index contributed by atoms with van der Waals surface area (Å²) >= 11 is 5.11. The van der Waals surface area contributed by atoms with Gasteiger partial charge in [-0.05, 0) is 33.8 Å². The van der Waals surface area contributed by atoms with Crippen molar-refractivity contribution in [3.8, 4) is 0 Å². The van der Waals surface area contributed by atoms with Gasteiger partial charge < -0.3 is 5.73 Å². The second kappa shape index (κ2) is 4.93. The van der Waals surface area contributed by atoms with E-state index in [9.17, 15) is 0 Å². The predicted molar refractivity (Wildman–Crippen MR) is 70.6 cm³/mol. The summed E-state index contributed by atoms with van der Waals surface area (Å²) in [6.07, 6.45) is 1.60. The van der Waals surface area contributed by atoms with E-state index in [0.717, 1.165) is 28.8 Å². The number of aryl methyl sites for hydroxylation is 1. The van der Waals surface area contributed by atoms with E-state index in [1.54, 1.807) is 11.3 Å². The van der Waals surface area contributed by atoms with Crippen LogP contribution in [-0.2, 0) is 12.8 Å². The maximum atomic E-state index is 5.83. The quantitative estimate of drug-likeness (QED) is 0.947. The molecule has 2 aromatic heterocycles. The lowest BCUT2D eigenvalue weighted by atomic mass is 10.3. The van der Waals surface area contributed by atoms with Crippen molar-refractivity contribution in [1.29, 1.82) is 0 Å². The first kappa shape index (κ1) is 11.5. The van der Waals surface area contributed by atoms with E-state index < -0.39 is 0 Å². The maximum Gasteiger partial charge on any atom is 0.141 e. The summed E-state index contributed by atoms with van der Waals surface area (Å²) in [5.41, 5.74) is 6.80. The summed E-state index contributed by atoms with van der Waals surface area (Å²) in [5, 5.41) is 2.05. The molecule has 0 atom stereocenters. The third kappa shape index (κ3) is 2.41. The van der Waals surface area contributed by atoms with Gasteiger partial charge >= 0.3 is 0 Å². The second-order valence-electron chi connectivity index (χ2n) is 3.40. The van der Waals surface area contributed by atoms with E-state index in [-0.39, 0.29) is 0 Å². The van der Waals surface area contributed by atoms with E-state index in [0.29, 0.717) is 5.82 Å². The minimum Gasteiger partial charge on any atom is -0.383 e. The van der Waals surface area contributed by atoms with Crippen LogP contribution in [0.4, 0.5) is 5.82 Å². The Morgan fingerprint density at radius 2 is 2.25 bits per heavy atom. The van der Waals surface area contributed by atoms with Gasteiger partial charge in [0.2, 0.25) is 0 Å². The molecule has 2 N–H and O–H groups in total. The Bertz CT molecular complexity index is 482. The number of hydrogen-bond acceptors (Lipinski definition) is 4. The summed E-state index contributed by atoms with van der Waals surface area (Å²) in [4.78, 5) is 10.0.